The van der Waals surface area contributed by atoms with Gasteiger partial charge in [0.1, 0.15) is 0 Å². The maximum atomic E-state index is 12.8. The molecular weight excluding hydrogens is 233 g/mol. The highest BCUT2D eigenvalue weighted by atomic mass is 19.4. The first-order valence-electron chi connectivity index (χ1n) is 5.56. The zero-order chi connectivity index (χ0) is 13.1. The number of alkyl halides is 3. The van der Waals surface area contributed by atoms with Gasteiger partial charge in [-0.15, -0.1) is 5.10 Å². The number of nitrogens with two attached hydrogens (primary N) is 1. The Morgan fingerprint density at radius 3 is 2.47 bits per heavy atom. The quantitative estimate of drug-likeness (QED) is 0.867. The molecule has 1 aromatic heterocycles. The molecule has 0 saturated carbocycles. The van der Waals surface area contributed by atoms with Gasteiger partial charge in [-0.2, -0.15) is 13.2 Å². The second kappa shape index (κ2) is 5.48. The maximum Gasteiger partial charge on any atom is 0.434 e. The van der Waals surface area contributed by atoms with Crippen molar-refractivity contribution in [2.75, 3.05) is 6.54 Å². The zero-order valence-corrected chi connectivity index (χ0v) is 9.96. The molecule has 0 aliphatic carbocycles. The first-order chi connectivity index (χ1) is 7.86. The number of aryl methyl sites for hydroxylation is 1. The van der Waals surface area contributed by atoms with Crippen molar-refractivity contribution in [3.05, 3.63) is 11.4 Å². The van der Waals surface area contributed by atoms with Gasteiger partial charge in [-0.25, -0.2) is 4.68 Å². The summed E-state index contributed by atoms with van der Waals surface area (Å²) in [5.74, 6) is 0.318. The highest BCUT2D eigenvalue weighted by Gasteiger charge is 2.38. The highest BCUT2D eigenvalue weighted by molar-refractivity contribution is 5.14. The van der Waals surface area contributed by atoms with Crippen molar-refractivity contribution in [1.82, 2.24) is 15.0 Å². The summed E-state index contributed by atoms with van der Waals surface area (Å²) in [6.07, 6.45) is -3.70. The molecule has 0 fully saturated rings. The first kappa shape index (κ1) is 14.0. The molecule has 0 radical (unpaired) electrons. The van der Waals surface area contributed by atoms with E-state index < -0.39 is 11.9 Å². The van der Waals surface area contributed by atoms with Crippen LogP contribution in [0.25, 0.3) is 0 Å². The third-order valence-electron chi connectivity index (χ3n) is 2.37. The van der Waals surface area contributed by atoms with Crippen LogP contribution in [0.15, 0.2) is 0 Å². The van der Waals surface area contributed by atoms with E-state index in [1.807, 2.05) is 13.8 Å². The third-order valence-corrected chi connectivity index (χ3v) is 2.37. The largest absolute Gasteiger partial charge is 0.434 e. The molecule has 0 saturated heterocycles. The molecule has 0 bridgehead atoms. The predicted molar refractivity (Wildman–Crippen MR) is 57.2 cm³/mol. The van der Waals surface area contributed by atoms with Crippen LogP contribution in [0, 0.1) is 5.92 Å². The summed E-state index contributed by atoms with van der Waals surface area (Å²) in [4.78, 5) is 0. The topological polar surface area (TPSA) is 56.7 Å². The van der Waals surface area contributed by atoms with Crippen LogP contribution < -0.4 is 5.73 Å². The molecule has 0 unspecified atom stereocenters. The fourth-order valence-corrected chi connectivity index (χ4v) is 1.50. The Balaban J connectivity index is 2.97. The molecule has 0 aromatic carbocycles. The summed E-state index contributed by atoms with van der Waals surface area (Å²) in [6.45, 7) is 4.26. The Bertz CT molecular complexity index is 357. The fraction of sp³-hybridized carbons (Fsp3) is 0.800. The standard InChI is InChI=1S/C10H17F3N4/c1-7(2)4-6-17-9(10(11,12)13)8(3-5-14)15-16-17/h7H,3-6,14H2,1-2H3. The van der Waals surface area contributed by atoms with Crippen molar-refractivity contribution in [1.29, 1.82) is 0 Å². The molecule has 1 heterocycles. The van der Waals surface area contributed by atoms with Gasteiger partial charge in [0.2, 0.25) is 0 Å². The van der Waals surface area contributed by atoms with Crippen LogP contribution >= 0.6 is 0 Å². The van der Waals surface area contributed by atoms with Crippen LogP contribution in [0.5, 0.6) is 0 Å². The molecule has 2 N–H and O–H groups in total. The van der Waals surface area contributed by atoms with Crippen molar-refractivity contribution in [2.24, 2.45) is 11.7 Å². The summed E-state index contributed by atoms with van der Waals surface area (Å²) < 4.78 is 39.5. The van der Waals surface area contributed by atoms with Crippen LogP contribution in [-0.4, -0.2) is 21.5 Å². The van der Waals surface area contributed by atoms with E-state index in [2.05, 4.69) is 10.3 Å². The summed E-state index contributed by atoms with van der Waals surface area (Å²) in [6, 6.07) is 0. The molecule has 98 valence electrons. The molecule has 0 amide bonds. The lowest BCUT2D eigenvalue weighted by molar-refractivity contribution is -0.144. The van der Waals surface area contributed by atoms with E-state index >= 15 is 0 Å². The number of hydrogen-bond acceptors (Lipinski definition) is 3. The summed E-state index contributed by atoms with van der Waals surface area (Å²) >= 11 is 0. The van der Waals surface area contributed by atoms with E-state index in [-0.39, 0.29) is 25.2 Å². The predicted octanol–water partition coefficient (Wildman–Crippen LogP) is 1.84. The number of hydrogen-bond donors (Lipinski definition) is 1. The molecule has 0 aliphatic heterocycles. The average molecular weight is 250 g/mol. The third kappa shape index (κ3) is 3.69. The van der Waals surface area contributed by atoms with E-state index in [1.54, 1.807) is 0 Å². The molecule has 17 heavy (non-hydrogen) atoms. The Labute approximate surface area is 98.0 Å². The van der Waals surface area contributed by atoms with Gasteiger partial charge < -0.3 is 5.73 Å². The van der Waals surface area contributed by atoms with Crippen LogP contribution in [0.1, 0.15) is 31.7 Å². The zero-order valence-electron chi connectivity index (χ0n) is 9.96. The Morgan fingerprint density at radius 1 is 1.35 bits per heavy atom. The summed E-state index contributed by atoms with van der Waals surface area (Å²) in [5.41, 5.74) is 4.43. The van der Waals surface area contributed by atoms with Crippen molar-refractivity contribution < 1.29 is 13.2 Å². The van der Waals surface area contributed by atoms with Gasteiger partial charge in [-0.3, -0.25) is 0 Å². The molecule has 0 atom stereocenters. The highest BCUT2D eigenvalue weighted by Crippen LogP contribution is 2.31. The molecule has 1 rings (SSSR count). The van der Waals surface area contributed by atoms with E-state index in [0.29, 0.717) is 12.3 Å². The second-order valence-corrected chi connectivity index (χ2v) is 4.33. The number of aromatic nitrogens is 3. The smallest absolute Gasteiger partial charge is 0.330 e. The van der Waals surface area contributed by atoms with Crippen LogP contribution in [0.4, 0.5) is 13.2 Å². The molecule has 4 nitrogen and oxygen atoms in total. The van der Waals surface area contributed by atoms with E-state index in [0.717, 1.165) is 4.68 Å². The van der Waals surface area contributed by atoms with Crippen LogP contribution in [0.3, 0.4) is 0 Å². The van der Waals surface area contributed by atoms with Gasteiger partial charge in [0.15, 0.2) is 5.69 Å². The van der Waals surface area contributed by atoms with Crippen molar-refractivity contribution in [3.8, 4) is 0 Å². The molecule has 0 aliphatic rings. The Hall–Kier alpha value is -1.11. The van der Waals surface area contributed by atoms with E-state index in [4.69, 9.17) is 5.73 Å². The fourth-order valence-electron chi connectivity index (χ4n) is 1.50. The van der Waals surface area contributed by atoms with Crippen LogP contribution in [0.2, 0.25) is 0 Å². The monoisotopic (exact) mass is 250 g/mol. The van der Waals surface area contributed by atoms with Gasteiger partial charge in [-0.05, 0) is 18.9 Å². The van der Waals surface area contributed by atoms with Gasteiger partial charge in [0, 0.05) is 13.0 Å². The van der Waals surface area contributed by atoms with Gasteiger partial charge in [0.05, 0.1) is 5.69 Å². The molecule has 0 spiro atoms. The normalized spacial score (nSPS) is 12.4. The summed E-state index contributed by atoms with van der Waals surface area (Å²) in [5, 5.41) is 7.13. The lowest BCUT2D eigenvalue weighted by atomic mass is 10.1. The SMILES string of the molecule is CC(C)CCn1nnc(CCN)c1C(F)(F)F. The number of rotatable bonds is 5. The van der Waals surface area contributed by atoms with E-state index in [9.17, 15) is 13.2 Å². The van der Waals surface area contributed by atoms with Crippen molar-refractivity contribution in [2.45, 2.75) is 39.4 Å². The van der Waals surface area contributed by atoms with Crippen molar-refractivity contribution in [3.63, 3.8) is 0 Å². The minimum Gasteiger partial charge on any atom is -0.330 e. The minimum absolute atomic E-state index is 0.0660. The number of halogens is 3. The number of nitrogens with zero attached hydrogens (tertiary/aromatic N) is 3. The molecule has 1 aromatic rings. The van der Waals surface area contributed by atoms with Crippen molar-refractivity contribution >= 4 is 0 Å². The minimum atomic E-state index is -4.43. The van der Waals surface area contributed by atoms with Crippen LogP contribution in [-0.2, 0) is 19.1 Å². The lowest BCUT2D eigenvalue weighted by Crippen LogP contribution is -2.18. The molecular formula is C10H17F3N4. The summed E-state index contributed by atoms with van der Waals surface area (Å²) in [7, 11) is 0. The van der Waals surface area contributed by atoms with Gasteiger partial charge in [0.25, 0.3) is 0 Å². The lowest BCUT2D eigenvalue weighted by Gasteiger charge is -2.11. The Kier molecular flexibility index (Phi) is 4.50. The molecule has 7 heteroatoms. The average Bonchev–Trinajstić information content (AvgIpc) is 2.58. The van der Waals surface area contributed by atoms with Gasteiger partial charge in [-0.1, -0.05) is 19.1 Å². The second-order valence-electron chi connectivity index (χ2n) is 4.33. The van der Waals surface area contributed by atoms with Gasteiger partial charge >= 0.3 is 6.18 Å². The first-order valence-corrected chi connectivity index (χ1v) is 5.56. The maximum absolute atomic E-state index is 12.8. The van der Waals surface area contributed by atoms with E-state index in [1.165, 1.54) is 0 Å². The Morgan fingerprint density at radius 2 is 2.00 bits per heavy atom.